The van der Waals surface area contributed by atoms with E-state index in [0.717, 1.165) is 5.56 Å². The van der Waals surface area contributed by atoms with Crippen molar-refractivity contribution in [1.82, 2.24) is 15.7 Å². The maximum atomic E-state index is 12.6. The molecule has 2 N–H and O–H groups in total. The highest BCUT2D eigenvalue weighted by atomic mass is 16.7. The molecule has 0 aromatic heterocycles. The summed E-state index contributed by atoms with van der Waals surface area (Å²) in [5.74, 6) is -2.20. The number of nitrogens with zero attached hydrogens (tertiary/aromatic N) is 1. The van der Waals surface area contributed by atoms with E-state index >= 15 is 0 Å². The minimum atomic E-state index is -1.16. The second kappa shape index (κ2) is 12.6. The van der Waals surface area contributed by atoms with Crippen LogP contribution in [0.1, 0.15) is 58.4 Å². The molecule has 0 bridgehead atoms. The molecule has 1 aromatic rings. The van der Waals surface area contributed by atoms with Crippen LogP contribution in [0.5, 0.6) is 0 Å². The molecule has 1 fully saturated rings. The molecule has 34 heavy (non-hydrogen) atoms. The fraction of sp³-hybridized carbons (Fsp3) is 0.522. The summed E-state index contributed by atoms with van der Waals surface area (Å²) < 4.78 is 10.3. The molecule has 1 aliphatic rings. The van der Waals surface area contributed by atoms with E-state index in [1.165, 1.54) is 0 Å². The Kier molecular flexibility index (Phi) is 9.84. The van der Waals surface area contributed by atoms with E-state index in [9.17, 15) is 24.0 Å². The van der Waals surface area contributed by atoms with Crippen molar-refractivity contribution in [1.29, 1.82) is 0 Å². The second-order valence-electron chi connectivity index (χ2n) is 8.68. The molecule has 0 aliphatic carbocycles. The van der Waals surface area contributed by atoms with Crippen molar-refractivity contribution in [2.75, 3.05) is 6.54 Å². The van der Waals surface area contributed by atoms with Gasteiger partial charge >= 0.3 is 18.2 Å². The first-order chi connectivity index (χ1) is 16.0. The van der Waals surface area contributed by atoms with Gasteiger partial charge in [0.25, 0.3) is 11.8 Å². The van der Waals surface area contributed by atoms with Crippen LogP contribution < -0.4 is 10.6 Å². The third kappa shape index (κ3) is 9.47. The summed E-state index contributed by atoms with van der Waals surface area (Å²) in [4.78, 5) is 65.0. The molecular formula is C23H31N3O8. The van der Waals surface area contributed by atoms with Gasteiger partial charge in [-0.05, 0) is 45.6 Å². The Hall–Kier alpha value is -3.63. The van der Waals surface area contributed by atoms with Gasteiger partial charge < -0.3 is 24.9 Å². The maximum absolute atomic E-state index is 12.6. The van der Waals surface area contributed by atoms with Crippen LogP contribution in [0.2, 0.25) is 0 Å². The minimum Gasteiger partial charge on any atom is -0.445 e. The summed E-state index contributed by atoms with van der Waals surface area (Å²) in [7, 11) is 0. The van der Waals surface area contributed by atoms with Crippen molar-refractivity contribution in [3.8, 4) is 0 Å². The SMILES string of the molecule is CC(C)(C)OC(=O)NCCCC[C@H](NC(=O)OCc1ccccc1)C(=O)ON1C(=O)CCC1=O. The average Bonchev–Trinajstić information content (AvgIpc) is 3.08. The van der Waals surface area contributed by atoms with Crippen molar-refractivity contribution in [3.05, 3.63) is 35.9 Å². The minimum absolute atomic E-state index is 0.00263. The van der Waals surface area contributed by atoms with Crippen molar-refractivity contribution >= 4 is 30.0 Å². The van der Waals surface area contributed by atoms with E-state index in [1.54, 1.807) is 45.0 Å². The van der Waals surface area contributed by atoms with Gasteiger partial charge in [0.2, 0.25) is 0 Å². The predicted octanol–water partition coefficient (Wildman–Crippen LogP) is 2.58. The fourth-order valence-electron chi connectivity index (χ4n) is 2.95. The number of amides is 4. The van der Waals surface area contributed by atoms with Crippen LogP contribution in [0.15, 0.2) is 30.3 Å². The van der Waals surface area contributed by atoms with Crippen molar-refractivity contribution < 1.29 is 38.3 Å². The first-order valence-corrected chi connectivity index (χ1v) is 11.1. The lowest BCUT2D eigenvalue weighted by molar-refractivity contribution is -0.199. The summed E-state index contributed by atoms with van der Waals surface area (Å²) >= 11 is 0. The first kappa shape index (κ1) is 26.6. The summed E-state index contributed by atoms with van der Waals surface area (Å²) in [6.45, 7) is 5.54. The van der Waals surface area contributed by atoms with Crippen molar-refractivity contribution in [2.24, 2.45) is 0 Å². The number of benzene rings is 1. The molecule has 2 rings (SSSR count). The van der Waals surface area contributed by atoms with E-state index in [0.29, 0.717) is 17.9 Å². The molecule has 0 saturated carbocycles. The largest absolute Gasteiger partial charge is 0.445 e. The monoisotopic (exact) mass is 477 g/mol. The van der Waals surface area contributed by atoms with E-state index in [2.05, 4.69) is 10.6 Å². The first-order valence-electron chi connectivity index (χ1n) is 11.1. The van der Waals surface area contributed by atoms with Crippen LogP contribution in [-0.4, -0.2) is 53.2 Å². The smallest absolute Gasteiger partial charge is 0.408 e. The Morgan fingerprint density at radius 1 is 1.00 bits per heavy atom. The second-order valence-corrected chi connectivity index (χ2v) is 8.68. The molecule has 1 saturated heterocycles. The third-order valence-electron chi connectivity index (χ3n) is 4.56. The van der Waals surface area contributed by atoms with Crippen molar-refractivity contribution in [3.63, 3.8) is 0 Å². The number of rotatable bonds is 10. The summed E-state index contributed by atoms with van der Waals surface area (Å²) in [6.07, 6.45) is -0.471. The average molecular weight is 478 g/mol. The molecule has 11 nitrogen and oxygen atoms in total. The quantitative estimate of drug-likeness (QED) is 0.387. The van der Waals surface area contributed by atoms with Gasteiger partial charge in [0.1, 0.15) is 18.2 Å². The fourth-order valence-corrected chi connectivity index (χ4v) is 2.95. The number of hydrogen-bond acceptors (Lipinski definition) is 8. The molecule has 11 heteroatoms. The van der Waals surface area contributed by atoms with E-state index in [1.807, 2.05) is 6.07 Å². The van der Waals surface area contributed by atoms with Gasteiger partial charge in [0.05, 0.1) is 0 Å². The van der Waals surface area contributed by atoms with E-state index in [-0.39, 0.29) is 32.4 Å². The number of unbranched alkanes of at least 4 members (excludes halogenated alkanes) is 1. The topological polar surface area (TPSA) is 140 Å². The molecule has 0 unspecified atom stereocenters. The highest BCUT2D eigenvalue weighted by molar-refractivity contribution is 6.01. The Bertz CT molecular complexity index is 866. The number of hydroxylamine groups is 2. The molecule has 0 spiro atoms. The predicted molar refractivity (Wildman–Crippen MR) is 119 cm³/mol. The summed E-state index contributed by atoms with van der Waals surface area (Å²) in [5, 5.41) is 5.46. The molecule has 0 radical (unpaired) electrons. The number of hydrogen-bond donors (Lipinski definition) is 2. The molecule has 4 amide bonds. The number of alkyl carbamates (subject to hydrolysis) is 2. The zero-order valence-electron chi connectivity index (χ0n) is 19.6. The van der Waals surface area contributed by atoms with Gasteiger partial charge in [-0.2, -0.15) is 0 Å². The number of ether oxygens (including phenoxy) is 2. The van der Waals surface area contributed by atoms with E-state index < -0.39 is 41.6 Å². The summed E-state index contributed by atoms with van der Waals surface area (Å²) in [6, 6.07) is 7.82. The maximum Gasteiger partial charge on any atom is 0.408 e. The van der Waals surface area contributed by atoms with Gasteiger partial charge in [-0.15, -0.1) is 5.06 Å². The van der Waals surface area contributed by atoms with Crippen LogP contribution >= 0.6 is 0 Å². The molecule has 186 valence electrons. The van der Waals surface area contributed by atoms with Crippen LogP contribution in [0, 0.1) is 0 Å². The zero-order chi connectivity index (χ0) is 25.1. The van der Waals surface area contributed by atoms with Crippen LogP contribution in [0.25, 0.3) is 0 Å². The lowest BCUT2D eigenvalue weighted by Crippen LogP contribution is -2.45. The molecule has 1 atom stereocenters. The highest BCUT2D eigenvalue weighted by Crippen LogP contribution is 2.14. The lowest BCUT2D eigenvalue weighted by Gasteiger charge is -2.21. The summed E-state index contributed by atoms with van der Waals surface area (Å²) in [5.41, 5.74) is 0.145. The highest BCUT2D eigenvalue weighted by Gasteiger charge is 2.35. The van der Waals surface area contributed by atoms with Crippen LogP contribution in [0.4, 0.5) is 9.59 Å². The lowest BCUT2D eigenvalue weighted by atomic mass is 10.1. The number of imide groups is 1. The van der Waals surface area contributed by atoms with Gasteiger partial charge in [0, 0.05) is 19.4 Å². The van der Waals surface area contributed by atoms with Crippen molar-refractivity contribution in [2.45, 2.75) is 71.1 Å². The Balaban J connectivity index is 1.87. The van der Waals surface area contributed by atoms with Gasteiger partial charge in [0.15, 0.2) is 0 Å². The number of carbonyl (C=O) groups is 5. The molecule has 1 aromatic carbocycles. The van der Waals surface area contributed by atoms with Crippen LogP contribution in [-0.2, 0) is 35.3 Å². The standard InChI is InChI=1S/C23H31N3O8/c1-23(2,3)33-21(30)24-14-8-7-11-17(20(29)34-26-18(27)12-13-19(26)28)25-22(31)32-15-16-9-5-4-6-10-16/h4-6,9-10,17H,7-8,11-15H2,1-3H3,(H,24,30)(H,25,31)/t17-/m0/s1. The van der Waals surface area contributed by atoms with Crippen LogP contribution in [0.3, 0.4) is 0 Å². The van der Waals surface area contributed by atoms with Gasteiger partial charge in [-0.3, -0.25) is 9.59 Å². The number of carbonyl (C=O) groups excluding carboxylic acids is 5. The Morgan fingerprint density at radius 2 is 1.65 bits per heavy atom. The normalized spacial score (nSPS) is 14.4. The third-order valence-corrected chi connectivity index (χ3v) is 4.56. The number of nitrogens with one attached hydrogen (secondary N) is 2. The Morgan fingerprint density at radius 3 is 2.26 bits per heavy atom. The van der Waals surface area contributed by atoms with Gasteiger partial charge in [-0.25, -0.2) is 14.4 Å². The molecular weight excluding hydrogens is 446 g/mol. The zero-order valence-corrected chi connectivity index (χ0v) is 19.6. The molecule has 1 heterocycles. The Labute approximate surface area is 198 Å². The van der Waals surface area contributed by atoms with E-state index in [4.69, 9.17) is 14.3 Å². The molecule has 1 aliphatic heterocycles. The van der Waals surface area contributed by atoms with Gasteiger partial charge in [-0.1, -0.05) is 30.3 Å².